The Kier molecular flexibility index (Phi) is 5.77. The Hall–Kier alpha value is -2.19. The van der Waals surface area contributed by atoms with Crippen LogP contribution in [0.25, 0.3) is 11.0 Å². The van der Waals surface area contributed by atoms with Gasteiger partial charge in [0.05, 0.1) is 16.8 Å². The van der Waals surface area contributed by atoms with Crippen molar-refractivity contribution in [3.8, 4) is 0 Å². The first-order valence-electron chi connectivity index (χ1n) is 9.54. The van der Waals surface area contributed by atoms with Gasteiger partial charge in [0, 0.05) is 30.7 Å². The van der Waals surface area contributed by atoms with Crippen LogP contribution in [0, 0.1) is 6.92 Å². The lowest BCUT2D eigenvalue weighted by atomic mass is 10.2. The average Bonchev–Trinajstić information content (AvgIpc) is 3.28. The predicted octanol–water partition coefficient (Wildman–Crippen LogP) is 4.19. The Balaban J connectivity index is 1.45. The predicted molar refractivity (Wildman–Crippen MR) is 119 cm³/mol. The van der Waals surface area contributed by atoms with E-state index in [0.29, 0.717) is 11.2 Å². The summed E-state index contributed by atoms with van der Waals surface area (Å²) in [5, 5.41) is 8.18. The van der Waals surface area contributed by atoms with Crippen molar-refractivity contribution in [2.75, 3.05) is 5.32 Å². The number of aromatic nitrogens is 4. The van der Waals surface area contributed by atoms with E-state index in [2.05, 4.69) is 37.3 Å². The molecule has 1 fully saturated rings. The summed E-state index contributed by atoms with van der Waals surface area (Å²) in [6, 6.07) is 8.59. The van der Waals surface area contributed by atoms with Crippen molar-refractivity contribution >= 4 is 45.8 Å². The first-order valence-corrected chi connectivity index (χ1v) is 10.9. The van der Waals surface area contributed by atoms with Crippen molar-refractivity contribution < 1.29 is 0 Å². The third kappa shape index (κ3) is 4.44. The third-order valence-electron chi connectivity index (χ3n) is 5.02. The zero-order chi connectivity index (χ0) is 19.5. The van der Waals surface area contributed by atoms with Crippen molar-refractivity contribution in [2.45, 2.75) is 49.6 Å². The molecule has 4 rings (SSSR count). The summed E-state index contributed by atoms with van der Waals surface area (Å²) in [6.07, 6.45) is 6.77. The van der Waals surface area contributed by atoms with Crippen molar-refractivity contribution in [2.24, 2.45) is 7.05 Å². The normalized spacial score (nSPS) is 14.5. The van der Waals surface area contributed by atoms with Gasteiger partial charge < -0.3 is 15.2 Å². The van der Waals surface area contributed by atoms with E-state index in [9.17, 15) is 0 Å². The molecule has 2 aromatic heterocycles. The SMILES string of the molecule is Cc1ccnc(SCc2nc3cc(NC(=S)NC4CCCC4)ccc3n2C)n1. The van der Waals surface area contributed by atoms with E-state index in [4.69, 9.17) is 17.2 Å². The number of thiocarbonyl (C=S) groups is 1. The molecular formula is C20H24N6S2. The Morgan fingerprint density at radius 2 is 2.07 bits per heavy atom. The van der Waals surface area contributed by atoms with E-state index >= 15 is 0 Å². The van der Waals surface area contributed by atoms with E-state index in [0.717, 1.165) is 39.1 Å². The second-order valence-corrected chi connectivity index (χ2v) is 8.49. The number of hydrogen-bond donors (Lipinski definition) is 2. The molecule has 1 aliphatic rings. The number of thioether (sulfide) groups is 1. The fraction of sp³-hybridized carbons (Fsp3) is 0.400. The molecule has 8 heteroatoms. The molecule has 2 heterocycles. The van der Waals surface area contributed by atoms with Gasteiger partial charge in [-0.15, -0.1) is 0 Å². The van der Waals surface area contributed by atoms with Crippen molar-refractivity contribution in [1.82, 2.24) is 24.8 Å². The Bertz CT molecular complexity index is 994. The molecular weight excluding hydrogens is 388 g/mol. The molecule has 0 spiro atoms. The minimum atomic E-state index is 0.506. The minimum absolute atomic E-state index is 0.506. The van der Waals surface area contributed by atoms with Crippen LogP contribution in [0.3, 0.4) is 0 Å². The minimum Gasteiger partial charge on any atom is -0.360 e. The van der Waals surface area contributed by atoms with Gasteiger partial charge in [-0.05, 0) is 56.2 Å². The quantitative estimate of drug-likeness (QED) is 0.370. The highest BCUT2D eigenvalue weighted by Crippen LogP contribution is 2.24. The molecule has 6 nitrogen and oxygen atoms in total. The van der Waals surface area contributed by atoms with Crippen LogP contribution in [0.2, 0.25) is 0 Å². The molecule has 0 atom stereocenters. The van der Waals surface area contributed by atoms with Gasteiger partial charge in [0.1, 0.15) is 5.82 Å². The maximum absolute atomic E-state index is 5.47. The van der Waals surface area contributed by atoms with Crippen LogP contribution >= 0.6 is 24.0 Å². The summed E-state index contributed by atoms with van der Waals surface area (Å²) in [6.45, 7) is 1.97. The zero-order valence-electron chi connectivity index (χ0n) is 16.1. The molecule has 0 bridgehead atoms. The van der Waals surface area contributed by atoms with Crippen molar-refractivity contribution in [3.63, 3.8) is 0 Å². The molecule has 1 aliphatic carbocycles. The highest BCUT2D eigenvalue weighted by Gasteiger charge is 2.16. The van der Waals surface area contributed by atoms with Crippen molar-refractivity contribution in [3.05, 3.63) is 42.0 Å². The summed E-state index contributed by atoms with van der Waals surface area (Å²) >= 11 is 7.07. The fourth-order valence-corrected chi connectivity index (χ4v) is 4.65. The second kappa shape index (κ2) is 8.45. The van der Waals surface area contributed by atoms with Crippen LogP contribution in [0.4, 0.5) is 5.69 Å². The molecule has 1 aromatic carbocycles. The molecule has 1 saturated carbocycles. The van der Waals surface area contributed by atoms with Gasteiger partial charge in [0.2, 0.25) is 0 Å². The maximum Gasteiger partial charge on any atom is 0.188 e. The second-order valence-electron chi connectivity index (χ2n) is 7.14. The summed E-state index contributed by atoms with van der Waals surface area (Å²) in [5.41, 5.74) is 3.99. The van der Waals surface area contributed by atoms with Gasteiger partial charge in [-0.1, -0.05) is 24.6 Å². The summed E-state index contributed by atoms with van der Waals surface area (Å²) in [4.78, 5) is 13.6. The molecule has 2 N–H and O–H groups in total. The molecule has 146 valence electrons. The van der Waals surface area contributed by atoms with Crippen LogP contribution in [0.5, 0.6) is 0 Å². The highest BCUT2D eigenvalue weighted by atomic mass is 32.2. The lowest BCUT2D eigenvalue weighted by Crippen LogP contribution is -2.35. The largest absolute Gasteiger partial charge is 0.360 e. The van der Waals surface area contributed by atoms with E-state index in [1.54, 1.807) is 18.0 Å². The van der Waals surface area contributed by atoms with Crippen LogP contribution in [-0.2, 0) is 12.8 Å². The molecule has 0 unspecified atom stereocenters. The molecule has 0 aliphatic heterocycles. The smallest absolute Gasteiger partial charge is 0.188 e. The average molecular weight is 413 g/mol. The topological polar surface area (TPSA) is 67.7 Å². The monoisotopic (exact) mass is 412 g/mol. The fourth-order valence-electron chi connectivity index (χ4n) is 3.50. The Labute approximate surface area is 174 Å². The van der Waals surface area contributed by atoms with E-state index in [1.165, 1.54) is 25.7 Å². The first kappa shape index (κ1) is 19.1. The van der Waals surface area contributed by atoms with Gasteiger partial charge >= 0.3 is 0 Å². The van der Waals surface area contributed by atoms with Gasteiger partial charge in [0.15, 0.2) is 10.3 Å². The first-order chi connectivity index (χ1) is 13.6. The number of aryl methyl sites for hydroxylation is 2. The standard InChI is InChI=1S/C20H24N6S2/c1-13-9-10-21-20(22-13)28-12-18-25-16-11-15(7-8-17(16)26(18)2)24-19(27)23-14-5-3-4-6-14/h7-11,14H,3-6,12H2,1-2H3,(H2,23,24,27). The van der Waals surface area contributed by atoms with Gasteiger partial charge in [-0.2, -0.15) is 0 Å². The van der Waals surface area contributed by atoms with Gasteiger partial charge in [-0.25, -0.2) is 15.0 Å². The zero-order valence-corrected chi connectivity index (χ0v) is 17.7. The molecule has 0 radical (unpaired) electrons. The lowest BCUT2D eigenvalue weighted by molar-refractivity contribution is 0.634. The molecule has 3 aromatic rings. The number of hydrogen-bond acceptors (Lipinski definition) is 5. The number of fused-ring (bicyclic) bond motifs is 1. The maximum atomic E-state index is 5.47. The third-order valence-corrected chi connectivity index (χ3v) is 6.10. The number of nitrogens with one attached hydrogen (secondary N) is 2. The summed E-state index contributed by atoms with van der Waals surface area (Å²) in [7, 11) is 2.04. The number of benzene rings is 1. The Morgan fingerprint density at radius 3 is 2.86 bits per heavy atom. The van der Waals surface area contributed by atoms with Crippen LogP contribution in [0.1, 0.15) is 37.2 Å². The number of nitrogens with zero attached hydrogens (tertiary/aromatic N) is 4. The van der Waals surface area contributed by atoms with Crippen LogP contribution in [-0.4, -0.2) is 30.7 Å². The van der Waals surface area contributed by atoms with Gasteiger partial charge in [-0.3, -0.25) is 0 Å². The van der Waals surface area contributed by atoms with Crippen molar-refractivity contribution in [1.29, 1.82) is 0 Å². The molecule has 28 heavy (non-hydrogen) atoms. The van der Waals surface area contributed by atoms with E-state index < -0.39 is 0 Å². The molecule has 0 amide bonds. The molecule has 0 saturated heterocycles. The van der Waals surface area contributed by atoms with Crippen LogP contribution < -0.4 is 10.6 Å². The Morgan fingerprint density at radius 1 is 1.25 bits per heavy atom. The van der Waals surface area contributed by atoms with E-state index in [1.807, 2.05) is 26.1 Å². The number of rotatable bonds is 5. The summed E-state index contributed by atoms with van der Waals surface area (Å²) < 4.78 is 2.12. The summed E-state index contributed by atoms with van der Waals surface area (Å²) in [5.74, 6) is 1.72. The van der Waals surface area contributed by atoms with Gasteiger partial charge in [0.25, 0.3) is 0 Å². The van der Waals surface area contributed by atoms with Crippen LogP contribution in [0.15, 0.2) is 35.6 Å². The lowest BCUT2D eigenvalue weighted by Gasteiger charge is -2.15. The number of imidazole rings is 1. The number of anilines is 1. The van der Waals surface area contributed by atoms with E-state index in [-0.39, 0.29) is 0 Å². The highest BCUT2D eigenvalue weighted by molar-refractivity contribution is 7.98.